The number of carbonyl (C=O) groups is 1. The summed E-state index contributed by atoms with van der Waals surface area (Å²) in [7, 11) is 3.96. The Morgan fingerprint density at radius 3 is 2.45 bits per heavy atom. The van der Waals surface area contributed by atoms with Crippen molar-refractivity contribution in [2.45, 2.75) is 0 Å². The van der Waals surface area contributed by atoms with Gasteiger partial charge in [-0.25, -0.2) is 4.79 Å². The van der Waals surface area contributed by atoms with Gasteiger partial charge in [0.15, 0.2) is 0 Å². The number of nitrogens with one attached hydrogen (secondary N) is 2. The summed E-state index contributed by atoms with van der Waals surface area (Å²) >= 11 is 0. The zero-order valence-electron chi connectivity index (χ0n) is 12.8. The molecule has 0 aliphatic heterocycles. The normalized spacial score (nSPS) is 9.36. The Bertz CT molecular complexity index is 684. The van der Waals surface area contributed by atoms with Crippen molar-refractivity contribution < 1.29 is 4.79 Å². The molecule has 4 heteroatoms. The molecule has 0 radical (unpaired) electrons. The van der Waals surface area contributed by atoms with Crippen molar-refractivity contribution in [1.29, 1.82) is 0 Å². The van der Waals surface area contributed by atoms with Gasteiger partial charge in [0.1, 0.15) is 0 Å². The summed E-state index contributed by atoms with van der Waals surface area (Å²) in [4.78, 5) is 13.7. The number of benzene rings is 2. The topological polar surface area (TPSA) is 44.4 Å². The summed E-state index contributed by atoms with van der Waals surface area (Å²) in [6, 6.07) is 16.9. The van der Waals surface area contributed by atoms with Crippen LogP contribution in [0.5, 0.6) is 0 Å². The average Bonchev–Trinajstić information content (AvgIpc) is 2.53. The summed E-state index contributed by atoms with van der Waals surface area (Å²) in [5.74, 6) is 6.04. The molecule has 112 valence electrons. The molecule has 22 heavy (non-hydrogen) atoms. The molecule has 0 unspecified atom stereocenters. The van der Waals surface area contributed by atoms with Gasteiger partial charge in [0.2, 0.25) is 0 Å². The highest BCUT2D eigenvalue weighted by Gasteiger charge is 2.00. The number of carbonyl (C=O) groups excluding carboxylic acids is 1. The van der Waals surface area contributed by atoms with Gasteiger partial charge >= 0.3 is 6.03 Å². The standard InChI is InChI=1S/C18H19N3O/c1-21(2)17-13-7-6-9-15(17)10-8-14-19-18(22)20-16-11-4-3-5-12-16/h3-7,9,11-13H,14H2,1-2H3,(H2,19,20,22). The molecule has 0 aromatic heterocycles. The zero-order chi connectivity index (χ0) is 15.8. The van der Waals surface area contributed by atoms with Crippen molar-refractivity contribution in [3.8, 4) is 11.8 Å². The van der Waals surface area contributed by atoms with Crippen LogP contribution in [0.15, 0.2) is 54.6 Å². The molecular weight excluding hydrogens is 274 g/mol. The van der Waals surface area contributed by atoms with Gasteiger partial charge in [-0.1, -0.05) is 42.2 Å². The van der Waals surface area contributed by atoms with E-state index in [0.29, 0.717) is 6.54 Å². The molecule has 2 aromatic carbocycles. The van der Waals surface area contributed by atoms with Crippen molar-refractivity contribution in [2.75, 3.05) is 30.9 Å². The van der Waals surface area contributed by atoms with Crippen LogP contribution >= 0.6 is 0 Å². The lowest BCUT2D eigenvalue weighted by Crippen LogP contribution is -2.28. The van der Waals surface area contributed by atoms with E-state index in [2.05, 4.69) is 22.5 Å². The minimum Gasteiger partial charge on any atom is -0.377 e. The van der Waals surface area contributed by atoms with Crippen LogP contribution in [0, 0.1) is 11.8 Å². The molecule has 2 N–H and O–H groups in total. The fourth-order valence-corrected chi connectivity index (χ4v) is 1.93. The highest BCUT2D eigenvalue weighted by Crippen LogP contribution is 2.16. The van der Waals surface area contributed by atoms with Crippen molar-refractivity contribution in [2.24, 2.45) is 0 Å². The molecule has 2 aromatic rings. The number of nitrogens with zero attached hydrogens (tertiary/aromatic N) is 1. The predicted octanol–water partition coefficient (Wildman–Crippen LogP) is 2.93. The van der Waals surface area contributed by atoms with Crippen molar-refractivity contribution in [1.82, 2.24) is 5.32 Å². The third-order valence-electron chi connectivity index (χ3n) is 2.98. The van der Waals surface area contributed by atoms with Crippen LogP contribution in [0.4, 0.5) is 16.2 Å². The van der Waals surface area contributed by atoms with Gasteiger partial charge in [-0.05, 0) is 24.3 Å². The second-order valence-corrected chi connectivity index (χ2v) is 4.89. The van der Waals surface area contributed by atoms with Crippen LogP contribution in [-0.2, 0) is 0 Å². The van der Waals surface area contributed by atoms with Crippen LogP contribution < -0.4 is 15.5 Å². The predicted molar refractivity (Wildman–Crippen MR) is 91.1 cm³/mol. The van der Waals surface area contributed by atoms with Crippen LogP contribution in [0.1, 0.15) is 5.56 Å². The molecule has 0 bridgehead atoms. The molecule has 0 spiro atoms. The summed E-state index contributed by atoms with van der Waals surface area (Å²) in [5, 5.41) is 5.46. The van der Waals surface area contributed by atoms with Crippen LogP contribution in [0.3, 0.4) is 0 Å². The molecule has 0 atom stereocenters. The van der Waals surface area contributed by atoms with Crippen molar-refractivity contribution >= 4 is 17.4 Å². The van der Waals surface area contributed by atoms with E-state index in [-0.39, 0.29) is 6.03 Å². The highest BCUT2D eigenvalue weighted by molar-refractivity contribution is 5.89. The first-order chi connectivity index (χ1) is 10.7. The SMILES string of the molecule is CN(C)c1ccccc1C#CCNC(=O)Nc1ccccc1. The molecular formula is C18H19N3O. The number of hydrogen-bond donors (Lipinski definition) is 2. The Morgan fingerprint density at radius 1 is 1.05 bits per heavy atom. The summed E-state index contributed by atoms with van der Waals surface area (Å²) in [6.45, 7) is 0.292. The number of anilines is 2. The average molecular weight is 293 g/mol. The Labute approximate surface area is 131 Å². The van der Waals surface area contributed by atoms with Crippen molar-refractivity contribution in [3.63, 3.8) is 0 Å². The molecule has 0 aliphatic carbocycles. The van der Waals surface area contributed by atoms with Gasteiger partial charge in [0.05, 0.1) is 12.2 Å². The maximum Gasteiger partial charge on any atom is 0.319 e. The van der Waals surface area contributed by atoms with E-state index >= 15 is 0 Å². The molecule has 0 saturated carbocycles. The summed E-state index contributed by atoms with van der Waals surface area (Å²) in [5.41, 5.74) is 2.76. The number of urea groups is 1. The molecule has 2 rings (SSSR count). The highest BCUT2D eigenvalue weighted by atomic mass is 16.2. The van der Waals surface area contributed by atoms with Crippen LogP contribution in [0.25, 0.3) is 0 Å². The second kappa shape index (κ2) is 7.75. The smallest absolute Gasteiger partial charge is 0.319 e. The fourth-order valence-electron chi connectivity index (χ4n) is 1.93. The van der Waals surface area contributed by atoms with E-state index in [1.165, 1.54) is 0 Å². The summed E-state index contributed by atoms with van der Waals surface area (Å²) in [6.07, 6.45) is 0. The Morgan fingerprint density at radius 2 is 1.73 bits per heavy atom. The zero-order valence-corrected chi connectivity index (χ0v) is 12.8. The van der Waals surface area contributed by atoms with Crippen LogP contribution in [0.2, 0.25) is 0 Å². The molecule has 0 fully saturated rings. The number of amides is 2. The number of hydrogen-bond acceptors (Lipinski definition) is 2. The lowest BCUT2D eigenvalue weighted by molar-refractivity contribution is 0.253. The molecule has 2 amide bonds. The Hall–Kier alpha value is -2.93. The maximum atomic E-state index is 11.7. The van der Waals surface area contributed by atoms with E-state index in [1.807, 2.05) is 73.6 Å². The first-order valence-corrected chi connectivity index (χ1v) is 7.02. The quantitative estimate of drug-likeness (QED) is 0.855. The summed E-state index contributed by atoms with van der Waals surface area (Å²) < 4.78 is 0. The van der Waals surface area contributed by atoms with E-state index in [1.54, 1.807) is 0 Å². The van der Waals surface area contributed by atoms with Gasteiger partial charge in [-0.15, -0.1) is 0 Å². The minimum absolute atomic E-state index is 0.263. The molecule has 4 nitrogen and oxygen atoms in total. The molecule has 0 saturated heterocycles. The Balaban J connectivity index is 1.88. The van der Waals surface area contributed by atoms with E-state index in [4.69, 9.17) is 0 Å². The largest absolute Gasteiger partial charge is 0.377 e. The third kappa shape index (κ3) is 4.57. The van der Waals surface area contributed by atoms with Gasteiger partial charge < -0.3 is 15.5 Å². The maximum absolute atomic E-state index is 11.7. The van der Waals surface area contributed by atoms with E-state index < -0.39 is 0 Å². The second-order valence-electron chi connectivity index (χ2n) is 4.89. The van der Waals surface area contributed by atoms with Gasteiger partial charge in [-0.2, -0.15) is 0 Å². The lowest BCUT2D eigenvalue weighted by Gasteiger charge is -2.13. The van der Waals surface area contributed by atoms with Crippen LogP contribution in [-0.4, -0.2) is 26.7 Å². The molecule has 0 aliphatic rings. The fraction of sp³-hybridized carbons (Fsp3) is 0.167. The first-order valence-electron chi connectivity index (χ1n) is 7.02. The monoisotopic (exact) mass is 293 g/mol. The Kier molecular flexibility index (Phi) is 5.44. The first kappa shape index (κ1) is 15.5. The minimum atomic E-state index is -0.263. The number of rotatable bonds is 3. The van der Waals surface area contributed by atoms with Crippen molar-refractivity contribution in [3.05, 3.63) is 60.2 Å². The third-order valence-corrected chi connectivity index (χ3v) is 2.98. The van der Waals surface area contributed by atoms with Gasteiger partial charge in [-0.3, -0.25) is 0 Å². The van der Waals surface area contributed by atoms with Gasteiger partial charge in [0, 0.05) is 25.3 Å². The van der Waals surface area contributed by atoms with E-state index in [0.717, 1.165) is 16.9 Å². The number of para-hydroxylation sites is 2. The van der Waals surface area contributed by atoms with Gasteiger partial charge in [0.25, 0.3) is 0 Å². The lowest BCUT2D eigenvalue weighted by atomic mass is 10.1. The molecule has 0 heterocycles. The van der Waals surface area contributed by atoms with E-state index in [9.17, 15) is 4.79 Å².